The summed E-state index contributed by atoms with van der Waals surface area (Å²) < 4.78 is 27.8. The molecule has 0 aliphatic rings. The highest BCUT2D eigenvalue weighted by molar-refractivity contribution is 14.1. The zero-order valence-electron chi connectivity index (χ0n) is 9.58. The minimum atomic E-state index is -0.926. The molecule has 6 heteroatoms. The highest BCUT2D eigenvalue weighted by Crippen LogP contribution is 2.19. The first kappa shape index (κ1) is 13.7. The van der Waals surface area contributed by atoms with Crippen molar-refractivity contribution < 1.29 is 13.6 Å². The number of nitrogens with one attached hydrogen (secondary N) is 1. The minimum absolute atomic E-state index is 0.396. The lowest BCUT2D eigenvalue weighted by molar-refractivity contribution is 0.102. The van der Waals surface area contributed by atoms with Crippen molar-refractivity contribution in [3.05, 3.63) is 57.2 Å². The molecule has 0 atom stereocenters. The van der Waals surface area contributed by atoms with E-state index >= 15 is 0 Å². The summed E-state index contributed by atoms with van der Waals surface area (Å²) in [7, 11) is 0. The van der Waals surface area contributed by atoms with E-state index in [0.717, 1.165) is 15.7 Å². The van der Waals surface area contributed by atoms with Crippen molar-refractivity contribution in [2.45, 2.75) is 0 Å². The first-order valence-electron chi connectivity index (χ1n) is 5.29. The van der Waals surface area contributed by atoms with Gasteiger partial charge in [0, 0.05) is 9.26 Å². The predicted molar refractivity (Wildman–Crippen MR) is 77.9 cm³/mol. The number of amides is 1. The Bertz CT molecular complexity index is 629. The van der Waals surface area contributed by atoms with Gasteiger partial charge in [-0.3, -0.25) is 4.79 Å². The minimum Gasteiger partial charge on any atom is -0.396 e. The van der Waals surface area contributed by atoms with Gasteiger partial charge in [0.05, 0.1) is 11.3 Å². The topological polar surface area (TPSA) is 55.1 Å². The Morgan fingerprint density at radius 3 is 2.42 bits per heavy atom. The molecule has 0 spiro atoms. The number of hydrogen-bond donors (Lipinski definition) is 2. The summed E-state index contributed by atoms with van der Waals surface area (Å²) in [6, 6.07) is 8.55. The average Bonchev–Trinajstić information content (AvgIpc) is 2.36. The van der Waals surface area contributed by atoms with Gasteiger partial charge >= 0.3 is 0 Å². The molecule has 0 fully saturated rings. The summed E-state index contributed by atoms with van der Waals surface area (Å²) in [5, 5.41) is 2.48. The fourth-order valence-electron chi connectivity index (χ4n) is 1.51. The van der Waals surface area contributed by atoms with Crippen molar-refractivity contribution in [1.29, 1.82) is 0 Å². The molecule has 2 rings (SSSR count). The number of halogens is 3. The monoisotopic (exact) mass is 374 g/mol. The van der Waals surface area contributed by atoms with E-state index in [9.17, 15) is 13.6 Å². The van der Waals surface area contributed by atoms with Crippen LogP contribution >= 0.6 is 22.6 Å². The first-order chi connectivity index (χ1) is 8.97. The third kappa shape index (κ3) is 3.19. The van der Waals surface area contributed by atoms with Crippen molar-refractivity contribution in [1.82, 2.24) is 0 Å². The van der Waals surface area contributed by atoms with Crippen LogP contribution in [0.1, 0.15) is 10.4 Å². The maximum atomic E-state index is 13.6. The second-order valence-corrected chi connectivity index (χ2v) is 5.06. The Hall–Kier alpha value is -1.70. The van der Waals surface area contributed by atoms with Crippen LogP contribution in [0.15, 0.2) is 36.4 Å². The molecule has 0 saturated carbocycles. The molecular formula is C13H9F2IN2O. The number of nitrogens with two attached hydrogens (primary N) is 1. The van der Waals surface area contributed by atoms with Gasteiger partial charge in [-0.25, -0.2) is 8.78 Å². The molecule has 98 valence electrons. The summed E-state index contributed by atoms with van der Waals surface area (Å²) >= 11 is 2.12. The van der Waals surface area contributed by atoms with Crippen molar-refractivity contribution in [2.24, 2.45) is 0 Å². The molecule has 19 heavy (non-hydrogen) atoms. The van der Waals surface area contributed by atoms with Crippen molar-refractivity contribution in [2.75, 3.05) is 11.1 Å². The predicted octanol–water partition coefficient (Wildman–Crippen LogP) is 3.40. The third-order valence-corrected chi connectivity index (χ3v) is 3.13. The normalized spacial score (nSPS) is 10.3. The van der Waals surface area contributed by atoms with Crippen LogP contribution in [0.5, 0.6) is 0 Å². The molecule has 2 aromatic rings. The van der Waals surface area contributed by atoms with Crippen molar-refractivity contribution in [3.63, 3.8) is 0 Å². The molecule has 0 heterocycles. The van der Waals surface area contributed by atoms with Gasteiger partial charge in [-0.15, -0.1) is 0 Å². The molecule has 0 bridgehead atoms. The maximum absolute atomic E-state index is 13.6. The number of rotatable bonds is 2. The van der Waals surface area contributed by atoms with Crippen LogP contribution in [-0.2, 0) is 0 Å². The number of benzene rings is 2. The fourth-order valence-corrected chi connectivity index (χ4v) is 1.87. The van der Waals surface area contributed by atoms with Gasteiger partial charge < -0.3 is 11.1 Å². The Balaban J connectivity index is 2.27. The summed E-state index contributed by atoms with van der Waals surface area (Å²) in [6.45, 7) is 0. The number of carbonyl (C=O) groups excluding carboxylic acids is 1. The van der Waals surface area contributed by atoms with Crippen LogP contribution < -0.4 is 11.1 Å². The molecule has 3 nitrogen and oxygen atoms in total. The number of nitrogen functional groups attached to an aromatic ring is 1. The standard InChI is InChI=1S/C13H9F2IN2O/c14-7-5-10(12(15)11(17)6-7)13(19)18-9-3-1-8(16)2-4-9/h1-6H,17H2,(H,18,19). The fraction of sp³-hybridized carbons (Fsp3) is 0. The van der Waals surface area contributed by atoms with Gasteiger partial charge in [-0.2, -0.15) is 0 Å². The molecule has 0 aliphatic heterocycles. The Morgan fingerprint density at radius 2 is 1.79 bits per heavy atom. The van der Waals surface area contributed by atoms with E-state index in [1.54, 1.807) is 24.3 Å². The lowest BCUT2D eigenvalue weighted by Gasteiger charge is -2.08. The quantitative estimate of drug-likeness (QED) is 0.626. The van der Waals surface area contributed by atoms with Gasteiger partial charge in [-0.05, 0) is 59.0 Å². The van der Waals surface area contributed by atoms with Gasteiger partial charge in [0.2, 0.25) is 0 Å². The first-order valence-corrected chi connectivity index (χ1v) is 6.36. The zero-order chi connectivity index (χ0) is 14.0. The van der Waals surface area contributed by atoms with Crippen LogP contribution in [0.3, 0.4) is 0 Å². The van der Waals surface area contributed by atoms with Gasteiger partial charge in [0.1, 0.15) is 5.82 Å². The van der Waals surface area contributed by atoms with Crippen LogP contribution in [0.25, 0.3) is 0 Å². The SMILES string of the molecule is Nc1cc(F)cc(C(=O)Nc2ccc(I)cc2)c1F. The molecule has 0 saturated heterocycles. The van der Waals surface area contributed by atoms with Gasteiger partial charge in [0.25, 0.3) is 5.91 Å². The van der Waals surface area contributed by atoms with Crippen molar-refractivity contribution >= 4 is 39.9 Å². The summed E-state index contributed by atoms with van der Waals surface area (Å²) in [5.41, 5.74) is 4.95. The van der Waals surface area contributed by atoms with E-state index in [1.165, 1.54) is 0 Å². The second kappa shape index (κ2) is 5.52. The van der Waals surface area contributed by atoms with Crippen molar-refractivity contribution in [3.8, 4) is 0 Å². The second-order valence-electron chi connectivity index (χ2n) is 3.82. The van der Waals surface area contributed by atoms with E-state index in [-0.39, 0.29) is 0 Å². The largest absolute Gasteiger partial charge is 0.396 e. The molecule has 3 N–H and O–H groups in total. The molecule has 0 radical (unpaired) electrons. The van der Waals surface area contributed by atoms with E-state index in [0.29, 0.717) is 5.69 Å². The summed E-state index contributed by atoms with van der Waals surface area (Å²) in [5.74, 6) is -2.43. The van der Waals surface area contributed by atoms with Crippen LogP contribution in [-0.4, -0.2) is 5.91 Å². The van der Waals surface area contributed by atoms with Crippen LogP contribution in [0, 0.1) is 15.2 Å². The van der Waals surface area contributed by atoms with Crippen LogP contribution in [0.2, 0.25) is 0 Å². The third-order valence-electron chi connectivity index (χ3n) is 2.41. The number of anilines is 2. The van der Waals surface area contributed by atoms with E-state index in [2.05, 4.69) is 27.9 Å². The van der Waals surface area contributed by atoms with E-state index in [4.69, 9.17) is 5.73 Å². The Morgan fingerprint density at radius 1 is 1.16 bits per heavy atom. The average molecular weight is 374 g/mol. The number of hydrogen-bond acceptors (Lipinski definition) is 2. The molecule has 0 unspecified atom stereocenters. The molecule has 0 aromatic heterocycles. The lowest BCUT2D eigenvalue weighted by atomic mass is 10.1. The highest BCUT2D eigenvalue weighted by atomic mass is 127. The lowest BCUT2D eigenvalue weighted by Crippen LogP contribution is -2.15. The molecule has 1 amide bonds. The summed E-state index contributed by atoms with van der Waals surface area (Å²) in [4.78, 5) is 11.8. The number of carbonyl (C=O) groups is 1. The van der Waals surface area contributed by atoms with Crippen LogP contribution in [0.4, 0.5) is 20.2 Å². The van der Waals surface area contributed by atoms with Gasteiger partial charge in [-0.1, -0.05) is 0 Å². The molecular weight excluding hydrogens is 365 g/mol. The highest BCUT2D eigenvalue weighted by Gasteiger charge is 2.16. The molecule has 2 aromatic carbocycles. The zero-order valence-corrected chi connectivity index (χ0v) is 11.7. The smallest absolute Gasteiger partial charge is 0.258 e. The molecule has 0 aliphatic carbocycles. The Labute approximate surface area is 121 Å². The maximum Gasteiger partial charge on any atom is 0.258 e. The van der Waals surface area contributed by atoms with E-state index < -0.39 is 28.8 Å². The van der Waals surface area contributed by atoms with E-state index in [1.807, 2.05) is 0 Å². The van der Waals surface area contributed by atoms with Gasteiger partial charge in [0.15, 0.2) is 5.82 Å². The Kier molecular flexibility index (Phi) is 3.98. The summed E-state index contributed by atoms with van der Waals surface area (Å²) in [6.07, 6.45) is 0.